The van der Waals surface area contributed by atoms with Gasteiger partial charge in [-0.05, 0) is 18.6 Å². The van der Waals surface area contributed by atoms with Crippen LogP contribution in [0, 0.1) is 0 Å². The van der Waals surface area contributed by atoms with Gasteiger partial charge in [0.15, 0.2) is 0 Å². The number of pyridine rings is 2. The highest BCUT2D eigenvalue weighted by atomic mass is 35.5. The molecule has 0 saturated carbocycles. The van der Waals surface area contributed by atoms with Crippen LogP contribution in [0.1, 0.15) is 41.4 Å². The highest BCUT2D eigenvalue weighted by Crippen LogP contribution is 2.41. The maximum atomic E-state index is 13.3. The van der Waals surface area contributed by atoms with Crippen molar-refractivity contribution in [1.82, 2.24) is 30.8 Å². The summed E-state index contributed by atoms with van der Waals surface area (Å²) in [5.41, 5.74) is 4.87. The van der Waals surface area contributed by atoms with Gasteiger partial charge in [-0.3, -0.25) is 24.3 Å². The van der Waals surface area contributed by atoms with Crippen LogP contribution in [0.15, 0.2) is 60.8 Å². The molecule has 3 amide bonds. The number of carbonyl (C=O) groups is 3. The van der Waals surface area contributed by atoms with Gasteiger partial charge in [0.25, 0.3) is 5.91 Å². The van der Waals surface area contributed by atoms with Gasteiger partial charge in [-0.15, -0.1) is 0 Å². The van der Waals surface area contributed by atoms with Crippen molar-refractivity contribution >= 4 is 46.6 Å². The molecule has 0 aliphatic carbocycles. The summed E-state index contributed by atoms with van der Waals surface area (Å²) in [6.45, 7) is 4.77. The predicted molar refractivity (Wildman–Crippen MR) is 196 cm³/mol. The summed E-state index contributed by atoms with van der Waals surface area (Å²) in [5, 5.41) is 12.8. The second-order valence-corrected chi connectivity index (χ2v) is 13.3. The minimum absolute atomic E-state index is 0.0293. The van der Waals surface area contributed by atoms with E-state index in [1.54, 1.807) is 31.5 Å². The highest BCUT2D eigenvalue weighted by molar-refractivity contribution is 6.39. The minimum Gasteiger partial charge on any atom is -0.496 e. The van der Waals surface area contributed by atoms with Crippen LogP contribution in [0.5, 0.6) is 11.6 Å². The number of anilines is 1. The normalized spacial score (nSPS) is 15.9. The first kappa shape index (κ1) is 36.1. The molecule has 6 rings (SSSR count). The first-order chi connectivity index (χ1) is 24.6. The van der Waals surface area contributed by atoms with Crippen molar-refractivity contribution in [2.24, 2.45) is 0 Å². The molecule has 0 spiro atoms. The zero-order valence-corrected chi connectivity index (χ0v) is 30.0. The summed E-state index contributed by atoms with van der Waals surface area (Å²) in [4.78, 5) is 47.5. The van der Waals surface area contributed by atoms with E-state index in [1.807, 2.05) is 36.4 Å². The van der Waals surface area contributed by atoms with Crippen LogP contribution in [0.25, 0.3) is 22.4 Å². The molecule has 1 unspecified atom stereocenters. The molecule has 1 atom stereocenters. The Morgan fingerprint density at radius 1 is 0.980 bits per heavy atom. The van der Waals surface area contributed by atoms with E-state index in [9.17, 15) is 14.4 Å². The number of hydrogen-bond donors (Lipinski definition) is 4. The average Bonchev–Trinajstić information content (AvgIpc) is 3.53. The molecule has 14 heteroatoms. The number of likely N-dealkylation sites (tertiary alicyclic amines) is 1. The topological polar surface area (TPSA) is 147 Å². The van der Waals surface area contributed by atoms with E-state index in [0.717, 1.165) is 30.6 Å². The zero-order valence-electron chi connectivity index (χ0n) is 28.5. The molecular formula is C37H39Cl2N7O5. The van der Waals surface area contributed by atoms with E-state index in [-0.39, 0.29) is 29.6 Å². The van der Waals surface area contributed by atoms with Gasteiger partial charge in [-0.2, -0.15) is 0 Å². The van der Waals surface area contributed by atoms with Gasteiger partial charge in [0.2, 0.25) is 17.7 Å². The molecule has 12 nitrogen and oxygen atoms in total. The van der Waals surface area contributed by atoms with E-state index in [1.165, 1.54) is 14.0 Å². The summed E-state index contributed by atoms with van der Waals surface area (Å²) in [6, 6.07) is 16.7. The lowest BCUT2D eigenvalue weighted by atomic mass is 10.00. The maximum Gasteiger partial charge on any atom is 0.274 e. The van der Waals surface area contributed by atoms with Crippen molar-refractivity contribution in [3.8, 4) is 34.0 Å². The van der Waals surface area contributed by atoms with E-state index >= 15 is 0 Å². The first-order valence-corrected chi connectivity index (χ1v) is 17.3. The third-order valence-electron chi connectivity index (χ3n) is 8.89. The van der Waals surface area contributed by atoms with Crippen LogP contribution in [0.4, 0.5) is 5.69 Å². The molecule has 0 bridgehead atoms. The Morgan fingerprint density at radius 3 is 2.43 bits per heavy atom. The van der Waals surface area contributed by atoms with Crippen LogP contribution in [0.3, 0.4) is 0 Å². The number of aromatic nitrogens is 2. The molecule has 4 N–H and O–H groups in total. The van der Waals surface area contributed by atoms with Crippen molar-refractivity contribution < 1.29 is 23.9 Å². The number of carbonyl (C=O) groups excluding carboxylic acids is 3. The summed E-state index contributed by atoms with van der Waals surface area (Å²) in [7, 11) is 3.12. The Kier molecular flexibility index (Phi) is 11.4. The fraction of sp³-hybridized carbons (Fsp3) is 0.324. The van der Waals surface area contributed by atoms with E-state index in [4.69, 9.17) is 37.7 Å². The number of benzene rings is 2. The quantitative estimate of drug-likeness (QED) is 0.148. The van der Waals surface area contributed by atoms with Gasteiger partial charge in [0.05, 0.1) is 41.7 Å². The molecule has 2 aliphatic rings. The Balaban J connectivity index is 1.15. The SMILES string of the molecule is COc1cc(C(=O)Nc2cccc(-c3cccc(-c4ccc(CN5CC(NC(C)=O)C5)c(OC)n4)c3Cl)c2Cl)ncc1CNCC1CCC(=O)N1. The number of nitrogens with zero attached hydrogens (tertiary/aromatic N) is 3. The number of nitrogens with one attached hydrogen (secondary N) is 4. The number of amides is 3. The van der Waals surface area contributed by atoms with Gasteiger partial charge in [0.1, 0.15) is 11.4 Å². The van der Waals surface area contributed by atoms with Crippen LogP contribution in [-0.4, -0.2) is 78.5 Å². The predicted octanol–water partition coefficient (Wildman–Crippen LogP) is 5.08. The summed E-state index contributed by atoms with van der Waals surface area (Å²) < 4.78 is 11.2. The summed E-state index contributed by atoms with van der Waals surface area (Å²) in [6.07, 6.45) is 2.94. The Bertz CT molecular complexity index is 1950. The zero-order chi connectivity index (χ0) is 36.1. The number of hydrogen-bond acceptors (Lipinski definition) is 9. The molecule has 2 saturated heterocycles. The minimum atomic E-state index is -0.458. The lowest BCUT2D eigenvalue weighted by Gasteiger charge is -2.39. The molecule has 2 aliphatic heterocycles. The Morgan fingerprint density at radius 2 is 1.73 bits per heavy atom. The number of halogens is 2. The Hall–Kier alpha value is -4.75. The van der Waals surface area contributed by atoms with Gasteiger partial charge in [0, 0.05) is 92.2 Å². The van der Waals surface area contributed by atoms with Gasteiger partial charge >= 0.3 is 0 Å². The third kappa shape index (κ3) is 8.42. The second kappa shape index (κ2) is 16.1. The third-order valence-corrected chi connectivity index (χ3v) is 9.70. The molecule has 4 aromatic rings. The highest BCUT2D eigenvalue weighted by Gasteiger charge is 2.28. The van der Waals surface area contributed by atoms with E-state index in [2.05, 4.69) is 31.2 Å². The summed E-state index contributed by atoms with van der Waals surface area (Å²) >= 11 is 13.9. The summed E-state index contributed by atoms with van der Waals surface area (Å²) in [5.74, 6) is 0.584. The van der Waals surface area contributed by atoms with Crippen molar-refractivity contribution in [3.63, 3.8) is 0 Å². The van der Waals surface area contributed by atoms with Crippen molar-refractivity contribution in [2.75, 3.05) is 39.2 Å². The lowest BCUT2D eigenvalue weighted by Crippen LogP contribution is -2.58. The molecule has 266 valence electrons. The fourth-order valence-corrected chi connectivity index (χ4v) is 6.92. The fourth-order valence-electron chi connectivity index (χ4n) is 6.32. The average molecular weight is 733 g/mol. The van der Waals surface area contributed by atoms with Gasteiger partial charge in [-0.25, -0.2) is 4.98 Å². The second-order valence-electron chi connectivity index (χ2n) is 12.6. The van der Waals surface area contributed by atoms with Gasteiger partial charge in [-0.1, -0.05) is 59.6 Å². The van der Waals surface area contributed by atoms with Crippen LogP contribution < -0.4 is 30.7 Å². The molecule has 51 heavy (non-hydrogen) atoms. The molecule has 2 aromatic carbocycles. The number of rotatable bonds is 13. The van der Waals surface area contributed by atoms with Crippen molar-refractivity contribution in [2.45, 2.75) is 44.9 Å². The lowest BCUT2D eigenvalue weighted by molar-refractivity contribution is -0.121. The molecule has 2 aromatic heterocycles. The molecular weight excluding hydrogens is 693 g/mol. The van der Waals surface area contributed by atoms with E-state index in [0.29, 0.717) is 75.8 Å². The van der Waals surface area contributed by atoms with Crippen LogP contribution in [0.2, 0.25) is 10.0 Å². The number of methoxy groups -OCH3 is 2. The molecule has 0 radical (unpaired) electrons. The Labute approximate surface area is 306 Å². The van der Waals surface area contributed by atoms with Gasteiger partial charge < -0.3 is 30.7 Å². The van der Waals surface area contributed by atoms with Crippen LogP contribution in [-0.2, 0) is 22.7 Å². The molecule has 4 heterocycles. The van der Waals surface area contributed by atoms with Crippen molar-refractivity contribution in [3.05, 3.63) is 87.7 Å². The maximum absolute atomic E-state index is 13.3. The standard InChI is InChI=1S/C37H39Cl2N7O5/c1-21(47)42-25-19-46(20-25)18-22-10-12-29(45-37(22)51-3)28-8-4-6-26(34(28)38)27-7-5-9-30(35(27)39)44-36(49)31-14-32(50-2)23(16-41-31)15-40-17-24-11-13-33(48)43-24/h4-10,12,14,16,24-25,40H,11,13,15,17-20H2,1-3H3,(H,42,47)(H,43,48)(H,44,49). The largest absolute Gasteiger partial charge is 0.496 e. The monoisotopic (exact) mass is 731 g/mol. The first-order valence-electron chi connectivity index (χ1n) is 16.6. The van der Waals surface area contributed by atoms with E-state index < -0.39 is 5.91 Å². The smallest absolute Gasteiger partial charge is 0.274 e. The number of ether oxygens (including phenoxy) is 2. The van der Waals surface area contributed by atoms with Crippen LogP contribution >= 0.6 is 23.2 Å². The van der Waals surface area contributed by atoms with Crippen molar-refractivity contribution in [1.29, 1.82) is 0 Å². The molecule has 2 fully saturated rings.